The smallest absolute Gasteiger partial charge is 0.324 e. The first-order valence-electron chi connectivity index (χ1n) is 10.0. The number of carbonyl (C=O) groups excluding carboxylic acids is 1. The minimum absolute atomic E-state index is 0.0253. The minimum Gasteiger partial charge on any atom is -0.324 e. The molecular weight excluding hydrogens is 458 g/mol. The van der Waals surface area contributed by atoms with Crippen LogP contribution < -0.4 is 16.6 Å². The fourth-order valence-electron chi connectivity index (χ4n) is 3.46. The molecular formula is C20H22ClN5O5S. The highest BCUT2D eigenvalue weighted by Gasteiger charge is 2.28. The summed E-state index contributed by atoms with van der Waals surface area (Å²) in [4.78, 5) is 37.2. The van der Waals surface area contributed by atoms with Crippen LogP contribution in [0.5, 0.6) is 0 Å². The van der Waals surface area contributed by atoms with E-state index in [9.17, 15) is 22.8 Å². The average molecular weight is 480 g/mol. The zero-order chi connectivity index (χ0) is 23.5. The number of piperidine rings is 1. The number of hydrogen-bond acceptors (Lipinski definition) is 6. The molecule has 1 saturated heterocycles. The SMILES string of the molecule is CCn1cc(C#N)c(=O)n(CC(=O)Nc2ccc(Cl)c(S(=O)(=O)N3CCCCC3)c2)c1=O. The number of benzene rings is 1. The van der Waals surface area contributed by atoms with Crippen LogP contribution in [0, 0.1) is 11.3 Å². The van der Waals surface area contributed by atoms with E-state index in [0.29, 0.717) is 17.7 Å². The van der Waals surface area contributed by atoms with Crippen LogP contribution in [0.25, 0.3) is 0 Å². The van der Waals surface area contributed by atoms with Crippen molar-refractivity contribution >= 4 is 33.2 Å². The number of sulfonamides is 1. The first kappa shape index (κ1) is 23.7. The Balaban J connectivity index is 1.87. The maximum Gasteiger partial charge on any atom is 0.331 e. The van der Waals surface area contributed by atoms with Gasteiger partial charge in [0.15, 0.2) is 0 Å². The van der Waals surface area contributed by atoms with Gasteiger partial charge in [0.1, 0.15) is 23.1 Å². The molecule has 0 atom stereocenters. The molecule has 0 spiro atoms. The van der Waals surface area contributed by atoms with E-state index < -0.39 is 33.7 Å². The normalized spacial score (nSPS) is 14.7. The zero-order valence-corrected chi connectivity index (χ0v) is 18.9. The molecule has 170 valence electrons. The first-order valence-corrected chi connectivity index (χ1v) is 11.8. The summed E-state index contributed by atoms with van der Waals surface area (Å²) < 4.78 is 29.1. The van der Waals surface area contributed by atoms with Gasteiger partial charge in [-0.15, -0.1) is 0 Å². The first-order chi connectivity index (χ1) is 15.2. The predicted molar refractivity (Wildman–Crippen MR) is 118 cm³/mol. The molecule has 0 saturated carbocycles. The fraction of sp³-hybridized carbons (Fsp3) is 0.400. The number of amides is 1. The standard InChI is InChI=1S/C20H22ClN5O5S/c1-2-24-12-14(11-22)19(28)26(20(24)29)13-18(27)23-15-6-7-16(21)17(10-15)32(30,31)25-8-4-3-5-9-25/h6-7,10,12H,2-5,8-9,13H2,1H3,(H,23,27). The highest BCUT2D eigenvalue weighted by Crippen LogP contribution is 2.29. The number of nitrogens with one attached hydrogen (secondary N) is 1. The number of hydrogen-bond donors (Lipinski definition) is 1. The summed E-state index contributed by atoms with van der Waals surface area (Å²) in [7, 11) is -3.84. The van der Waals surface area contributed by atoms with Crippen molar-refractivity contribution in [1.29, 1.82) is 5.26 Å². The van der Waals surface area contributed by atoms with Crippen molar-refractivity contribution < 1.29 is 13.2 Å². The summed E-state index contributed by atoms with van der Waals surface area (Å²) in [6.45, 7) is 2.04. The van der Waals surface area contributed by atoms with E-state index in [0.717, 1.165) is 30.0 Å². The molecule has 10 nitrogen and oxygen atoms in total. The molecule has 1 aromatic heterocycles. The van der Waals surface area contributed by atoms with Crippen LogP contribution in [0.1, 0.15) is 31.7 Å². The number of rotatable bonds is 6. The maximum atomic E-state index is 13.0. The van der Waals surface area contributed by atoms with E-state index in [1.807, 2.05) is 0 Å². The van der Waals surface area contributed by atoms with Crippen molar-refractivity contribution in [2.75, 3.05) is 18.4 Å². The van der Waals surface area contributed by atoms with Gasteiger partial charge in [0.25, 0.3) is 5.56 Å². The summed E-state index contributed by atoms with van der Waals surface area (Å²) >= 11 is 6.14. The molecule has 32 heavy (non-hydrogen) atoms. The third-order valence-corrected chi connectivity index (χ3v) is 7.53. The van der Waals surface area contributed by atoms with Crippen molar-refractivity contribution in [2.45, 2.75) is 44.2 Å². The van der Waals surface area contributed by atoms with Crippen LogP contribution in [0.4, 0.5) is 5.69 Å². The van der Waals surface area contributed by atoms with E-state index in [1.165, 1.54) is 22.5 Å². The van der Waals surface area contributed by atoms with Gasteiger partial charge in [0.05, 0.1) is 5.02 Å². The lowest BCUT2D eigenvalue weighted by atomic mass is 10.2. The molecule has 2 aromatic rings. The van der Waals surface area contributed by atoms with Crippen LogP contribution in [-0.2, 0) is 27.9 Å². The van der Waals surface area contributed by atoms with Gasteiger partial charge in [0, 0.05) is 31.5 Å². The summed E-state index contributed by atoms with van der Waals surface area (Å²) in [6.07, 6.45) is 3.64. The second kappa shape index (κ2) is 9.68. The van der Waals surface area contributed by atoms with Gasteiger partial charge >= 0.3 is 5.69 Å². The zero-order valence-electron chi connectivity index (χ0n) is 17.4. The van der Waals surface area contributed by atoms with E-state index in [4.69, 9.17) is 16.9 Å². The van der Waals surface area contributed by atoms with Crippen molar-refractivity contribution in [3.63, 3.8) is 0 Å². The number of nitrogens with zero attached hydrogens (tertiary/aromatic N) is 4. The molecule has 12 heteroatoms. The van der Waals surface area contributed by atoms with Crippen molar-refractivity contribution in [1.82, 2.24) is 13.4 Å². The Morgan fingerprint density at radius 1 is 1.22 bits per heavy atom. The molecule has 1 aliphatic heterocycles. The van der Waals surface area contributed by atoms with E-state index in [2.05, 4.69) is 5.32 Å². The van der Waals surface area contributed by atoms with Gasteiger partial charge in [0.2, 0.25) is 15.9 Å². The molecule has 2 heterocycles. The lowest BCUT2D eigenvalue weighted by Crippen LogP contribution is -2.43. The van der Waals surface area contributed by atoms with Gasteiger partial charge in [-0.2, -0.15) is 9.57 Å². The van der Waals surface area contributed by atoms with Gasteiger partial charge in [-0.3, -0.25) is 14.2 Å². The van der Waals surface area contributed by atoms with E-state index >= 15 is 0 Å². The molecule has 0 radical (unpaired) electrons. The van der Waals surface area contributed by atoms with Crippen LogP contribution in [0.3, 0.4) is 0 Å². The monoisotopic (exact) mass is 479 g/mol. The van der Waals surface area contributed by atoms with Gasteiger partial charge in [-0.25, -0.2) is 17.8 Å². The van der Waals surface area contributed by atoms with Gasteiger partial charge in [-0.1, -0.05) is 18.0 Å². The topological polar surface area (TPSA) is 134 Å². The number of aryl methyl sites for hydroxylation is 1. The molecule has 0 aliphatic carbocycles. The summed E-state index contributed by atoms with van der Waals surface area (Å²) in [5.74, 6) is -0.731. The van der Waals surface area contributed by atoms with Gasteiger partial charge in [-0.05, 0) is 38.0 Å². The summed E-state index contributed by atoms with van der Waals surface area (Å²) in [5, 5.41) is 11.6. The Labute approximate surface area is 189 Å². The van der Waals surface area contributed by atoms with Crippen molar-refractivity contribution in [3.05, 3.63) is 55.8 Å². The third-order valence-electron chi connectivity index (χ3n) is 5.15. The Bertz CT molecular complexity index is 1300. The lowest BCUT2D eigenvalue weighted by molar-refractivity contribution is -0.116. The minimum atomic E-state index is -3.84. The van der Waals surface area contributed by atoms with Crippen LogP contribution in [0.15, 0.2) is 38.9 Å². The second-order valence-corrected chi connectivity index (χ2v) is 9.59. The second-order valence-electron chi connectivity index (χ2n) is 7.27. The van der Waals surface area contributed by atoms with Crippen molar-refractivity contribution in [3.8, 4) is 6.07 Å². The Hall–Kier alpha value is -2.94. The molecule has 1 amide bonds. The quantitative estimate of drug-likeness (QED) is 0.664. The van der Waals surface area contributed by atoms with Crippen LogP contribution in [0.2, 0.25) is 5.02 Å². The fourth-order valence-corrected chi connectivity index (χ4v) is 5.48. The number of nitriles is 1. The highest BCUT2D eigenvalue weighted by molar-refractivity contribution is 7.89. The Morgan fingerprint density at radius 3 is 2.53 bits per heavy atom. The van der Waals surface area contributed by atoms with Crippen LogP contribution in [-0.4, -0.2) is 40.9 Å². The predicted octanol–water partition coefficient (Wildman–Crippen LogP) is 1.37. The lowest BCUT2D eigenvalue weighted by Gasteiger charge is -2.26. The third kappa shape index (κ3) is 4.77. The molecule has 0 unspecified atom stereocenters. The van der Waals surface area contributed by atoms with Crippen LogP contribution >= 0.6 is 11.6 Å². The maximum absolute atomic E-state index is 13.0. The Morgan fingerprint density at radius 2 is 1.91 bits per heavy atom. The van der Waals surface area contributed by atoms with Gasteiger partial charge < -0.3 is 5.32 Å². The largest absolute Gasteiger partial charge is 0.331 e. The number of carbonyl (C=O) groups is 1. The molecule has 1 fully saturated rings. The van der Waals surface area contributed by atoms with E-state index in [-0.39, 0.29) is 27.7 Å². The number of aromatic nitrogens is 2. The Kier molecular flexibility index (Phi) is 7.18. The molecule has 3 rings (SSSR count). The number of anilines is 1. The summed E-state index contributed by atoms with van der Waals surface area (Å²) in [6, 6.07) is 5.75. The van der Waals surface area contributed by atoms with Crippen molar-refractivity contribution in [2.24, 2.45) is 0 Å². The average Bonchev–Trinajstić information content (AvgIpc) is 2.78. The summed E-state index contributed by atoms with van der Waals surface area (Å²) in [5.41, 5.74) is -1.71. The molecule has 1 aromatic carbocycles. The van der Waals surface area contributed by atoms with E-state index in [1.54, 1.807) is 13.0 Å². The molecule has 1 aliphatic rings. The number of halogens is 1. The molecule has 1 N–H and O–H groups in total. The molecule has 0 bridgehead atoms. The highest BCUT2D eigenvalue weighted by atomic mass is 35.5.